The summed E-state index contributed by atoms with van der Waals surface area (Å²) >= 11 is 0. The predicted molar refractivity (Wildman–Crippen MR) is 75.7 cm³/mol. The summed E-state index contributed by atoms with van der Waals surface area (Å²) in [6, 6.07) is 10.3. The monoisotopic (exact) mass is 247 g/mol. The molecular weight excluding hydrogens is 222 g/mol. The highest BCUT2D eigenvalue weighted by Crippen LogP contribution is 2.31. The van der Waals surface area contributed by atoms with Gasteiger partial charge in [-0.05, 0) is 43.2 Å². The number of nitrogens with two attached hydrogens (primary N) is 1. The van der Waals surface area contributed by atoms with Crippen molar-refractivity contribution in [2.75, 3.05) is 6.61 Å². The highest BCUT2D eigenvalue weighted by molar-refractivity contribution is 5.20. The van der Waals surface area contributed by atoms with Crippen LogP contribution in [-0.2, 0) is 0 Å². The topological polar surface area (TPSA) is 35.2 Å². The number of hydrogen-bond acceptors (Lipinski definition) is 2. The molecule has 3 unspecified atom stereocenters. The van der Waals surface area contributed by atoms with E-state index in [1.54, 1.807) is 0 Å². The molecule has 3 atom stereocenters. The lowest BCUT2D eigenvalue weighted by Gasteiger charge is -2.31. The zero-order valence-electron chi connectivity index (χ0n) is 11.3. The van der Waals surface area contributed by atoms with Gasteiger partial charge in [0.25, 0.3) is 0 Å². The first-order chi connectivity index (χ1) is 8.75. The molecule has 18 heavy (non-hydrogen) atoms. The Morgan fingerprint density at radius 1 is 1.28 bits per heavy atom. The van der Waals surface area contributed by atoms with Crippen LogP contribution >= 0.6 is 0 Å². The van der Waals surface area contributed by atoms with Crippen molar-refractivity contribution >= 4 is 0 Å². The highest BCUT2D eigenvalue weighted by Gasteiger charge is 2.23. The van der Waals surface area contributed by atoms with Gasteiger partial charge in [0, 0.05) is 6.04 Å². The molecule has 1 aliphatic carbocycles. The minimum atomic E-state index is 0.302. The summed E-state index contributed by atoms with van der Waals surface area (Å²) in [7, 11) is 0. The van der Waals surface area contributed by atoms with Crippen molar-refractivity contribution in [1.82, 2.24) is 0 Å². The van der Waals surface area contributed by atoms with Gasteiger partial charge in [-0.25, -0.2) is 0 Å². The number of rotatable bonds is 5. The van der Waals surface area contributed by atoms with Crippen LogP contribution in [0.25, 0.3) is 0 Å². The third kappa shape index (κ3) is 4.02. The summed E-state index contributed by atoms with van der Waals surface area (Å²) in [6.45, 7) is 3.08. The Morgan fingerprint density at radius 3 is 2.78 bits per heavy atom. The first-order valence-corrected chi connectivity index (χ1v) is 7.19. The summed E-state index contributed by atoms with van der Waals surface area (Å²) in [4.78, 5) is 0. The van der Waals surface area contributed by atoms with Crippen LogP contribution in [0.1, 0.15) is 39.0 Å². The van der Waals surface area contributed by atoms with Crippen LogP contribution in [0.2, 0.25) is 0 Å². The molecule has 1 aromatic carbocycles. The molecule has 1 fully saturated rings. The van der Waals surface area contributed by atoms with E-state index in [0.29, 0.717) is 12.0 Å². The van der Waals surface area contributed by atoms with Gasteiger partial charge < -0.3 is 10.5 Å². The second-order valence-corrected chi connectivity index (χ2v) is 5.65. The average molecular weight is 247 g/mol. The summed E-state index contributed by atoms with van der Waals surface area (Å²) in [5.41, 5.74) is 6.29. The van der Waals surface area contributed by atoms with Crippen LogP contribution in [0.15, 0.2) is 30.3 Å². The SMILES string of the molecule is CC1CCCC(C(N)CCOc2ccccc2)C1. The van der Waals surface area contributed by atoms with Gasteiger partial charge in [-0.2, -0.15) is 0 Å². The van der Waals surface area contributed by atoms with Crippen molar-refractivity contribution in [2.24, 2.45) is 17.6 Å². The summed E-state index contributed by atoms with van der Waals surface area (Å²) in [5.74, 6) is 2.50. The molecule has 2 heteroatoms. The van der Waals surface area contributed by atoms with Crippen molar-refractivity contribution < 1.29 is 4.74 Å². The number of para-hydroxylation sites is 1. The van der Waals surface area contributed by atoms with E-state index in [0.717, 1.165) is 24.7 Å². The van der Waals surface area contributed by atoms with Crippen LogP contribution in [0, 0.1) is 11.8 Å². The van der Waals surface area contributed by atoms with Gasteiger partial charge in [-0.3, -0.25) is 0 Å². The van der Waals surface area contributed by atoms with Gasteiger partial charge in [0.15, 0.2) is 0 Å². The van der Waals surface area contributed by atoms with Gasteiger partial charge >= 0.3 is 0 Å². The Labute approximate surface area is 111 Å². The molecular formula is C16H25NO. The minimum Gasteiger partial charge on any atom is -0.494 e. The molecule has 1 saturated carbocycles. The third-order valence-electron chi connectivity index (χ3n) is 4.05. The normalized spacial score (nSPS) is 25.7. The highest BCUT2D eigenvalue weighted by atomic mass is 16.5. The van der Waals surface area contributed by atoms with Gasteiger partial charge in [0.1, 0.15) is 5.75 Å². The van der Waals surface area contributed by atoms with Crippen molar-refractivity contribution in [3.8, 4) is 5.75 Å². The van der Waals surface area contributed by atoms with E-state index in [4.69, 9.17) is 10.5 Å². The zero-order valence-corrected chi connectivity index (χ0v) is 11.3. The maximum absolute atomic E-state index is 6.29. The Hall–Kier alpha value is -1.02. The lowest BCUT2D eigenvalue weighted by molar-refractivity contribution is 0.214. The molecule has 0 amide bonds. The fourth-order valence-corrected chi connectivity index (χ4v) is 2.94. The van der Waals surface area contributed by atoms with Crippen LogP contribution in [0.5, 0.6) is 5.75 Å². The summed E-state index contributed by atoms with van der Waals surface area (Å²) < 4.78 is 5.71. The molecule has 1 aliphatic rings. The Bertz CT molecular complexity index is 338. The van der Waals surface area contributed by atoms with E-state index in [1.165, 1.54) is 25.7 Å². The molecule has 2 N–H and O–H groups in total. The van der Waals surface area contributed by atoms with Gasteiger partial charge in [-0.15, -0.1) is 0 Å². The predicted octanol–water partition coefficient (Wildman–Crippen LogP) is 3.61. The smallest absolute Gasteiger partial charge is 0.119 e. The quantitative estimate of drug-likeness (QED) is 0.862. The number of ether oxygens (including phenoxy) is 1. The van der Waals surface area contributed by atoms with Crippen LogP contribution in [0.4, 0.5) is 0 Å². The molecule has 0 bridgehead atoms. The second kappa shape index (κ2) is 6.79. The molecule has 2 rings (SSSR count). The summed E-state index contributed by atoms with van der Waals surface area (Å²) in [6.07, 6.45) is 6.29. The van der Waals surface area contributed by atoms with Crippen molar-refractivity contribution in [1.29, 1.82) is 0 Å². The fourth-order valence-electron chi connectivity index (χ4n) is 2.94. The Balaban J connectivity index is 1.70. The molecule has 0 heterocycles. The number of benzene rings is 1. The molecule has 0 saturated heterocycles. The minimum absolute atomic E-state index is 0.302. The van der Waals surface area contributed by atoms with Crippen LogP contribution < -0.4 is 10.5 Å². The molecule has 100 valence electrons. The molecule has 0 spiro atoms. The maximum atomic E-state index is 6.29. The standard InChI is InChI=1S/C16H25NO/c1-13-6-5-7-14(12-13)16(17)10-11-18-15-8-3-2-4-9-15/h2-4,8-9,13-14,16H,5-7,10-12,17H2,1H3. The molecule has 0 radical (unpaired) electrons. The molecule has 0 aliphatic heterocycles. The first kappa shape index (κ1) is 13.4. The first-order valence-electron chi connectivity index (χ1n) is 7.19. The van der Waals surface area contributed by atoms with Gasteiger partial charge in [0.05, 0.1) is 6.61 Å². The third-order valence-corrected chi connectivity index (χ3v) is 4.05. The Morgan fingerprint density at radius 2 is 2.06 bits per heavy atom. The van der Waals surface area contributed by atoms with E-state index < -0.39 is 0 Å². The van der Waals surface area contributed by atoms with Crippen LogP contribution in [-0.4, -0.2) is 12.6 Å². The van der Waals surface area contributed by atoms with Gasteiger partial charge in [0.2, 0.25) is 0 Å². The Kier molecular flexibility index (Phi) is 5.06. The average Bonchev–Trinajstić information content (AvgIpc) is 2.40. The van der Waals surface area contributed by atoms with E-state index in [-0.39, 0.29) is 0 Å². The largest absolute Gasteiger partial charge is 0.494 e. The van der Waals surface area contributed by atoms with Crippen LogP contribution in [0.3, 0.4) is 0 Å². The van der Waals surface area contributed by atoms with E-state index in [1.807, 2.05) is 30.3 Å². The van der Waals surface area contributed by atoms with Crippen molar-refractivity contribution in [3.05, 3.63) is 30.3 Å². The molecule has 0 aromatic heterocycles. The van der Waals surface area contributed by atoms with Gasteiger partial charge in [-0.1, -0.05) is 38.0 Å². The second-order valence-electron chi connectivity index (χ2n) is 5.65. The van der Waals surface area contributed by atoms with Crippen molar-refractivity contribution in [2.45, 2.75) is 45.1 Å². The lowest BCUT2D eigenvalue weighted by atomic mass is 9.78. The van der Waals surface area contributed by atoms with E-state index >= 15 is 0 Å². The zero-order chi connectivity index (χ0) is 12.8. The van der Waals surface area contributed by atoms with Crippen molar-refractivity contribution in [3.63, 3.8) is 0 Å². The van der Waals surface area contributed by atoms with E-state index in [2.05, 4.69) is 6.92 Å². The van der Waals surface area contributed by atoms with E-state index in [9.17, 15) is 0 Å². The number of hydrogen-bond donors (Lipinski definition) is 1. The summed E-state index contributed by atoms with van der Waals surface area (Å²) in [5, 5.41) is 0. The lowest BCUT2D eigenvalue weighted by Crippen LogP contribution is -2.34. The molecule has 1 aromatic rings. The maximum Gasteiger partial charge on any atom is 0.119 e. The fraction of sp³-hybridized carbons (Fsp3) is 0.625. The molecule has 2 nitrogen and oxygen atoms in total.